The van der Waals surface area contributed by atoms with E-state index in [0.717, 1.165) is 24.1 Å². The molecule has 0 saturated heterocycles. The molecule has 1 saturated carbocycles. The van der Waals surface area contributed by atoms with Crippen LogP contribution in [0.5, 0.6) is 0 Å². The molecule has 0 atom stereocenters. The average molecular weight is 368 g/mol. The van der Waals surface area contributed by atoms with Gasteiger partial charge in [-0.15, -0.1) is 0 Å². The number of pyridine rings is 1. The second kappa shape index (κ2) is 6.34. The molecule has 0 amide bonds. The number of nitrogens with zero attached hydrogens (tertiary/aromatic N) is 1. The molecule has 3 nitrogen and oxygen atoms in total. The number of benzene rings is 1. The van der Waals surface area contributed by atoms with Crippen molar-refractivity contribution in [3.8, 4) is 0 Å². The Morgan fingerprint density at radius 3 is 2.15 bits per heavy atom. The van der Waals surface area contributed by atoms with Crippen molar-refractivity contribution in [1.82, 2.24) is 4.98 Å². The largest absolute Gasteiger partial charge is 0.256 e. The fourth-order valence-electron chi connectivity index (χ4n) is 4.58. The number of allylic oxidation sites excluding steroid dienone is 2. The normalized spacial score (nSPS) is 19.5. The van der Waals surface area contributed by atoms with Gasteiger partial charge < -0.3 is 0 Å². The van der Waals surface area contributed by atoms with Gasteiger partial charge in [0.2, 0.25) is 0 Å². The topological polar surface area (TPSA) is 47.0 Å². The summed E-state index contributed by atoms with van der Waals surface area (Å²) in [5.74, 6) is 0. The molecule has 4 rings (SSSR count). The quantitative estimate of drug-likeness (QED) is 0.762. The second-order valence-corrected chi connectivity index (χ2v) is 10.1. The van der Waals surface area contributed by atoms with E-state index in [-0.39, 0.29) is 0 Å². The number of hydrogen-bond donors (Lipinski definition) is 0. The lowest BCUT2D eigenvalue weighted by molar-refractivity contribution is 0.329. The molecule has 2 aromatic rings. The molecular formula is C22H25NO2S. The maximum atomic E-state index is 11.8. The zero-order chi connectivity index (χ0) is 18.4. The highest BCUT2D eigenvalue weighted by Gasteiger charge is 2.41. The Hall–Kier alpha value is -1.94. The first-order chi connectivity index (χ1) is 12.4. The standard InChI is InChI=1S/C22H25NO2S/c1-16-5-10-21(23-15-16)20-14-22(11-3-4-12-22)13-19(20)17-6-8-18(9-7-17)26(2,24)25/h5-10,15H,3-4,11-14H2,1-2H3. The summed E-state index contributed by atoms with van der Waals surface area (Å²) in [6, 6.07) is 11.7. The molecule has 2 aliphatic rings. The monoisotopic (exact) mass is 367 g/mol. The minimum atomic E-state index is -3.16. The van der Waals surface area contributed by atoms with Crippen LogP contribution in [0.2, 0.25) is 0 Å². The maximum absolute atomic E-state index is 11.8. The maximum Gasteiger partial charge on any atom is 0.175 e. The molecule has 0 radical (unpaired) electrons. The highest BCUT2D eigenvalue weighted by Crippen LogP contribution is 2.57. The third-order valence-electron chi connectivity index (χ3n) is 5.98. The molecule has 0 bridgehead atoms. The second-order valence-electron chi connectivity index (χ2n) is 8.04. The third kappa shape index (κ3) is 3.23. The lowest BCUT2D eigenvalue weighted by Crippen LogP contribution is -2.11. The molecule has 1 spiro atoms. The van der Waals surface area contributed by atoms with Crippen molar-refractivity contribution >= 4 is 21.0 Å². The van der Waals surface area contributed by atoms with Crippen LogP contribution in [-0.2, 0) is 9.84 Å². The molecular weight excluding hydrogens is 342 g/mol. The van der Waals surface area contributed by atoms with Gasteiger partial charge in [0.1, 0.15) is 0 Å². The first kappa shape index (κ1) is 17.5. The Balaban J connectivity index is 1.78. The fraction of sp³-hybridized carbons (Fsp3) is 0.409. The van der Waals surface area contributed by atoms with Gasteiger partial charge in [0.05, 0.1) is 10.6 Å². The summed E-state index contributed by atoms with van der Waals surface area (Å²) in [6.45, 7) is 2.06. The van der Waals surface area contributed by atoms with Crippen molar-refractivity contribution in [1.29, 1.82) is 0 Å². The van der Waals surface area contributed by atoms with Crippen LogP contribution in [-0.4, -0.2) is 19.7 Å². The Bertz CT molecular complexity index is 948. The van der Waals surface area contributed by atoms with Crippen molar-refractivity contribution in [2.24, 2.45) is 5.41 Å². The van der Waals surface area contributed by atoms with E-state index in [1.54, 1.807) is 12.1 Å². The lowest BCUT2D eigenvalue weighted by Gasteiger charge is -2.23. The van der Waals surface area contributed by atoms with Crippen molar-refractivity contribution in [3.05, 3.63) is 59.4 Å². The van der Waals surface area contributed by atoms with E-state index >= 15 is 0 Å². The number of rotatable bonds is 3. The van der Waals surface area contributed by atoms with Gasteiger partial charge >= 0.3 is 0 Å². The number of hydrogen-bond acceptors (Lipinski definition) is 3. The molecule has 0 unspecified atom stereocenters. The lowest BCUT2D eigenvalue weighted by atomic mass is 9.81. The predicted octanol–water partition coefficient (Wildman–Crippen LogP) is 5.06. The first-order valence-corrected chi connectivity index (χ1v) is 11.2. The molecule has 1 heterocycles. The Kier molecular flexibility index (Phi) is 4.26. The van der Waals surface area contributed by atoms with Gasteiger partial charge in [-0.1, -0.05) is 31.0 Å². The first-order valence-electron chi connectivity index (χ1n) is 9.32. The van der Waals surface area contributed by atoms with E-state index in [2.05, 4.69) is 19.1 Å². The molecule has 26 heavy (non-hydrogen) atoms. The minimum absolute atomic E-state index is 0.380. The Labute approximate surface area is 156 Å². The fourth-order valence-corrected chi connectivity index (χ4v) is 5.21. The van der Waals surface area contributed by atoms with Gasteiger partial charge in [-0.25, -0.2) is 8.42 Å². The van der Waals surface area contributed by atoms with E-state index in [4.69, 9.17) is 4.98 Å². The van der Waals surface area contributed by atoms with Gasteiger partial charge in [-0.05, 0) is 78.5 Å². The highest BCUT2D eigenvalue weighted by molar-refractivity contribution is 7.90. The molecule has 0 aliphatic heterocycles. The van der Waals surface area contributed by atoms with Crippen LogP contribution >= 0.6 is 0 Å². The highest BCUT2D eigenvalue weighted by atomic mass is 32.2. The molecule has 2 aliphatic carbocycles. The summed E-state index contributed by atoms with van der Waals surface area (Å²) in [4.78, 5) is 5.07. The molecule has 1 aromatic carbocycles. The van der Waals surface area contributed by atoms with E-state index in [9.17, 15) is 8.42 Å². The van der Waals surface area contributed by atoms with Gasteiger partial charge in [-0.2, -0.15) is 0 Å². The Morgan fingerprint density at radius 1 is 0.923 bits per heavy atom. The summed E-state index contributed by atoms with van der Waals surface area (Å²) in [6.07, 6.45) is 10.6. The van der Waals surface area contributed by atoms with E-state index < -0.39 is 9.84 Å². The molecule has 4 heteroatoms. The molecule has 0 N–H and O–H groups in total. The van der Waals surface area contributed by atoms with Gasteiger partial charge in [-0.3, -0.25) is 4.98 Å². The number of aromatic nitrogens is 1. The predicted molar refractivity (Wildman–Crippen MR) is 105 cm³/mol. The summed E-state index contributed by atoms with van der Waals surface area (Å²) in [7, 11) is -3.16. The summed E-state index contributed by atoms with van der Waals surface area (Å²) >= 11 is 0. The number of sulfone groups is 1. The van der Waals surface area contributed by atoms with Crippen LogP contribution in [0.1, 0.15) is 55.3 Å². The summed E-state index contributed by atoms with van der Waals surface area (Å²) in [5, 5.41) is 0. The van der Waals surface area contributed by atoms with Crippen LogP contribution in [0.4, 0.5) is 0 Å². The van der Waals surface area contributed by atoms with Crippen LogP contribution < -0.4 is 0 Å². The number of aryl methyl sites for hydroxylation is 1. The van der Waals surface area contributed by atoms with Gasteiger partial charge in [0.25, 0.3) is 0 Å². The SMILES string of the molecule is Cc1ccc(C2=C(c3ccc(S(C)(=O)=O)cc3)CC3(CCCC3)C2)nc1. The smallest absolute Gasteiger partial charge is 0.175 e. The van der Waals surface area contributed by atoms with Crippen LogP contribution in [0.25, 0.3) is 11.1 Å². The molecule has 1 fully saturated rings. The van der Waals surface area contributed by atoms with Gasteiger partial charge in [0, 0.05) is 12.5 Å². The molecule has 136 valence electrons. The van der Waals surface area contributed by atoms with Crippen LogP contribution in [0.3, 0.4) is 0 Å². The molecule has 1 aromatic heterocycles. The van der Waals surface area contributed by atoms with Crippen molar-refractivity contribution in [2.45, 2.75) is 50.3 Å². The van der Waals surface area contributed by atoms with E-state index in [0.29, 0.717) is 10.3 Å². The van der Waals surface area contributed by atoms with E-state index in [1.165, 1.54) is 48.6 Å². The van der Waals surface area contributed by atoms with Crippen molar-refractivity contribution in [2.75, 3.05) is 6.26 Å². The third-order valence-corrected chi connectivity index (χ3v) is 7.11. The average Bonchev–Trinajstić information content (AvgIpc) is 3.22. The van der Waals surface area contributed by atoms with Crippen LogP contribution in [0, 0.1) is 12.3 Å². The zero-order valence-electron chi connectivity index (χ0n) is 15.5. The zero-order valence-corrected chi connectivity index (χ0v) is 16.3. The van der Waals surface area contributed by atoms with Gasteiger partial charge in [0.15, 0.2) is 9.84 Å². The summed E-state index contributed by atoms with van der Waals surface area (Å²) in [5.41, 5.74) is 6.46. The summed E-state index contributed by atoms with van der Waals surface area (Å²) < 4.78 is 23.5. The van der Waals surface area contributed by atoms with E-state index in [1.807, 2.05) is 18.3 Å². The van der Waals surface area contributed by atoms with Crippen molar-refractivity contribution in [3.63, 3.8) is 0 Å². The Morgan fingerprint density at radius 2 is 1.58 bits per heavy atom. The van der Waals surface area contributed by atoms with Crippen molar-refractivity contribution < 1.29 is 8.42 Å². The minimum Gasteiger partial charge on any atom is -0.256 e. The van der Waals surface area contributed by atoms with Crippen LogP contribution in [0.15, 0.2) is 47.5 Å².